The molecule has 114 valence electrons. The Balaban J connectivity index is 1.45. The highest BCUT2D eigenvalue weighted by Gasteiger charge is 2.12. The molecule has 0 saturated carbocycles. The van der Waals surface area contributed by atoms with Gasteiger partial charge in [0, 0.05) is 32.9 Å². The lowest BCUT2D eigenvalue weighted by Gasteiger charge is -2.14. The third kappa shape index (κ3) is 3.71. The van der Waals surface area contributed by atoms with Crippen molar-refractivity contribution in [2.45, 2.75) is 32.5 Å². The van der Waals surface area contributed by atoms with Gasteiger partial charge in [0.2, 0.25) is 0 Å². The van der Waals surface area contributed by atoms with Crippen molar-refractivity contribution in [2.24, 2.45) is 7.05 Å². The Morgan fingerprint density at radius 3 is 3.10 bits per heavy atom. The van der Waals surface area contributed by atoms with Crippen LogP contribution in [0.25, 0.3) is 0 Å². The van der Waals surface area contributed by atoms with E-state index in [0.29, 0.717) is 0 Å². The summed E-state index contributed by atoms with van der Waals surface area (Å²) in [5.41, 5.74) is 3.80. The number of hydrogen-bond donors (Lipinski definition) is 1. The smallest absolute Gasteiger partial charge is 0.0768 e. The monoisotopic (exact) mass is 288 g/mol. The van der Waals surface area contributed by atoms with Crippen LogP contribution < -0.4 is 5.32 Å². The molecule has 0 spiro atoms. The number of aryl methyl sites for hydroxylation is 2. The molecule has 6 heteroatoms. The summed E-state index contributed by atoms with van der Waals surface area (Å²) in [4.78, 5) is 2.35. The molecule has 0 saturated heterocycles. The lowest BCUT2D eigenvalue weighted by Crippen LogP contribution is -2.28. The fourth-order valence-corrected chi connectivity index (χ4v) is 2.84. The van der Waals surface area contributed by atoms with Crippen molar-refractivity contribution < 1.29 is 0 Å². The maximum Gasteiger partial charge on any atom is 0.0768 e. The second kappa shape index (κ2) is 6.41. The first-order valence-electron chi connectivity index (χ1n) is 7.63. The second-order valence-electron chi connectivity index (χ2n) is 5.89. The van der Waals surface area contributed by atoms with E-state index in [4.69, 9.17) is 0 Å². The van der Waals surface area contributed by atoms with Gasteiger partial charge in [0.25, 0.3) is 0 Å². The molecule has 0 fully saturated rings. The quantitative estimate of drug-likeness (QED) is 0.853. The third-order valence-electron chi connectivity index (χ3n) is 3.92. The Morgan fingerprint density at radius 1 is 1.43 bits per heavy atom. The molecule has 6 nitrogen and oxygen atoms in total. The zero-order chi connectivity index (χ0) is 14.7. The van der Waals surface area contributed by atoms with E-state index in [9.17, 15) is 0 Å². The molecular weight excluding hydrogens is 264 g/mol. The van der Waals surface area contributed by atoms with Crippen LogP contribution in [0.5, 0.6) is 0 Å². The maximum absolute atomic E-state index is 4.68. The van der Waals surface area contributed by atoms with Crippen LogP contribution in [0.15, 0.2) is 18.5 Å². The predicted molar refractivity (Wildman–Crippen MR) is 81.8 cm³/mol. The van der Waals surface area contributed by atoms with E-state index < -0.39 is 0 Å². The highest BCUT2D eigenvalue weighted by atomic mass is 15.3. The zero-order valence-corrected chi connectivity index (χ0v) is 12.9. The minimum Gasteiger partial charge on any atom is -0.309 e. The molecule has 1 aliphatic rings. The molecule has 3 rings (SSSR count). The van der Waals surface area contributed by atoms with E-state index in [1.165, 1.54) is 17.0 Å². The fraction of sp³-hybridized carbons (Fsp3) is 0.600. The molecule has 1 aliphatic heterocycles. The summed E-state index contributed by atoms with van der Waals surface area (Å²) in [6.45, 7) is 4.95. The standard InChI is InChI=1S/C15H24N6/c1-19(6-3-4-13-9-17-20(2)11-13)12-14-8-15-10-16-5-7-21(15)18-14/h8-9,11,16H,3-7,10,12H2,1-2H3. The maximum atomic E-state index is 4.68. The summed E-state index contributed by atoms with van der Waals surface area (Å²) < 4.78 is 4.00. The topological polar surface area (TPSA) is 50.9 Å². The van der Waals surface area contributed by atoms with Gasteiger partial charge in [-0.2, -0.15) is 10.2 Å². The molecule has 0 radical (unpaired) electrons. The molecule has 0 aliphatic carbocycles. The minimum atomic E-state index is 0.924. The normalized spacial score (nSPS) is 14.6. The Bertz CT molecular complexity index is 561. The summed E-state index contributed by atoms with van der Waals surface area (Å²) >= 11 is 0. The van der Waals surface area contributed by atoms with Gasteiger partial charge in [0.15, 0.2) is 0 Å². The van der Waals surface area contributed by atoms with Gasteiger partial charge < -0.3 is 10.2 Å². The van der Waals surface area contributed by atoms with Crippen LogP contribution in [0.1, 0.15) is 23.4 Å². The van der Waals surface area contributed by atoms with Crippen molar-refractivity contribution in [3.8, 4) is 0 Å². The SMILES string of the molecule is CN(CCCc1cnn(C)c1)Cc1cc2n(n1)CCNC2. The fourth-order valence-electron chi connectivity index (χ4n) is 2.84. The van der Waals surface area contributed by atoms with Gasteiger partial charge in [0.1, 0.15) is 0 Å². The molecule has 0 aromatic carbocycles. The van der Waals surface area contributed by atoms with Crippen molar-refractivity contribution in [1.29, 1.82) is 0 Å². The van der Waals surface area contributed by atoms with Gasteiger partial charge in [-0.1, -0.05) is 0 Å². The van der Waals surface area contributed by atoms with Crippen molar-refractivity contribution in [3.05, 3.63) is 35.4 Å². The zero-order valence-electron chi connectivity index (χ0n) is 12.9. The Labute approximate surface area is 125 Å². The van der Waals surface area contributed by atoms with Crippen LogP contribution in [0.2, 0.25) is 0 Å². The predicted octanol–water partition coefficient (Wildman–Crippen LogP) is 0.784. The molecule has 0 amide bonds. The van der Waals surface area contributed by atoms with Gasteiger partial charge in [0.05, 0.1) is 24.1 Å². The van der Waals surface area contributed by atoms with Gasteiger partial charge in [-0.15, -0.1) is 0 Å². The van der Waals surface area contributed by atoms with Gasteiger partial charge in [-0.05, 0) is 38.1 Å². The van der Waals surface area contributed by atoms with Crippen molar-refractivity contribution in [3.63, 3.8) is 0 Å². The second-order valence-corrected chi connectivity index (χ2v) is 5.89. The van der Waals surface area contributed by atoms with Crippen molar-refractivity contribution in [1.82, 2.24) is 29.8 Å². The van der Waals surface area contributed by atoms with Crippen LogP contribution >= 0.6 is 0 Å². The Morgan fingerprint density at radius 2 is 2.33 bits per heavy atom. The largest absolute Gasteiger partial charge is 0.309 e. The molecule has 3 heterocycles. The van der Waals surface area contributed by atoms with Gasteiger partial charge in [-0.3, -0.25) is 9.36 Å². The molecule has 0 bridgehead atoms. The average Bonchev–Trinajstić information content (AvgIpc) is 3.04. The summed E-state index contributed by atoms with van der Waals surface area (Å²) in [5, 5.41) is 12.3. The Hall–Kier alpha value is -1.66. The minimum absolute atomic E-state index is 0.924. The van der Waals surface area contributed by atoms with E-state index in [1.54, 1.807) is 0 Å². The Kier molecular flexibility index (Phi) is 4.36. The van der Waals surface area contributed by atoms with E-state index >= 15 is 0 Å². The van der Waals surface area contributed by atoms with E-state index in [0.717, 1.165) is 45.6 Å². The summed E-state index contributed by atoms with van der Waals surface area (Å²) in [7, 11) is 4.13. The number of aromatic nitrogens is 4. The first-order chi connectivity index (χ1) is 10.2. The van der Waals surface area contributed by atoms with Crippen LogP contribution in [0, 0.1) is 0 Å². The first-order valence-corrected chi connectivity index (χ1v) is 7.63. The molecule has 2 aromatic heterocycles. The van der Waals surface area contributed by atoms with Crippen LogP contribution in [0.3, 0.4) is 0 Å². The lowest BCUT2D eigenvalue weighted by molar-refractivity contribution is 0.316. The molecule has 0 unspecified atom stereocenters. The van der Waals surface area contributed by atoms with Crippen LogP contribution in [-0.4, -0.2) is 44.6 Å². The molecule has 0 atom stereocenters. The van der Waals surface area contributed by atoms with E-state index in [2.05, 4.69) is 44.4 Å². The lowest BCUT2D eigenvalue weighted by atomic mass is 10.2. The van der Waals surface area contributed by atoms with Crippen molar-refractivity contribution >= 4 is 0 Å². The molecule has 21 heavy (non-hydrogen) atoms. The third-order valence-corrected chi connectivity index (χ3v) is 3.92. The molecule has 1 N–H and O–H groups in total. The number of fused-ring (bicyclic) bond motifs is 1. The van der Waals surface area contributed by atoms with Crippen LogP contribution in [-0.2, 0) is 33.1 Å². The van der Waals surface area contributed by atoms with E-state index in [1.807, 2.05) is 17.9 Å². The number of hydrogen-bond acceptors (Lipinski definition) is 4. The van der Waals surface area contributed by atoms with Crippen molar-refractivity contribution in [2.75, 3.05) is 20.1 Å². The van der Waals surface area contributed by atoms with E-state index in [-0.39, 0.29) is 0 Å². The van der Waals surface area contributed by atoms with Gasteiger partial charge >= 0.3 is 0 Å². The average molecular weight is 288 g/mol. The highest BCUT2D eigenvalue weighted by Crippen LogP contribution is 2.10. The number of nitrogens with one attached hydrogen (secondary N) is 1. The number of nitrogens with zero attached hydrogens (tertiary/aromatic N) is 5. The summed E-state index contributed by atoms with van der Waals surface area (Å²) in [6, 6.07) is 2.23. The molecule has 2 aromatic rings. The first kappa shape index (κ1) is 14.3. The highest BCUT2D eigenvalue weighted by molar-refractivity contribution is 5.11. The molecular formula is C15H24N6. The number of rotatable bonds is 6. The van der Waals surface area contributed by atoms with Gasteiger partial charge in [-0.25, -0.2) is 0 Å². The summed E-state index contributed by atoms with van der Waals surface area (Å²) in [6.07, 6.45) is 6.28. The summed E-state index contributed by atoms with van der Waals surface area (Å²) in [5.74, 6) is 0. The van der Waals surface area contributed by atoms with Crippen LogP contribution in [0.4, 0.5) is 0 Å².